The average molecular weight is 244 g/mol. The topological polar surface area (TPSA) is 95.6 Å². The zero-order valence-electron chi connectivity index (χ0n) is 9.60. The van der Waals surface area contributed by atoms with E-state index in [1.807, 2.05) is 18.2 Å². The minimum Gasteiger partial charge on any atom is -0.384 e. The summed E-state index contributed by atoms with van der Waals surface area (Å²) in [6, 6.07) is 5.68. The molecule has 1 amide bonds. The third-order valence-corrected chi connectivity index (χ3v) is 2.88. The molecule has 0 saturated carbocycles. The van der Waals surface area contributed by atoms with E-state index in [2.05, 4.69) is 31.3 Å². The van der Waals surface area contributed by atoms with Crippen LogP contribution in [0.1, 0.15) is 21.7 Å². The van der Waals surface area contributed by atoms with Gasteiger partial charge in [-0.2, -0.15) is 5.21 Å². The highest BCUT2D eigenvalue weighted by atomic mass is 16.1. The molecule has 0 bridgehead atoms. The number of aromatic nitrogens is 4. The molecule has 2 aromatic rings. The molecule has 18 heavy (non-hydrogen) atoms. The highest BCUT2D eigenvalue weighted by Crippen LogP contribution is 2.23. The third kappa shape index (κ3) is 2.02. The van der Waals surface area contributed by atoms with Crippen LogP contribution in [0, 0.1) is 0 Å². The van der Waals surface area contributed by atoms with Crippen LogP contribution < -0.4 is 10.6 Å². The van der Waals surface area contributed by atoms with Crippen LogP contribution in [-0.2, 0) is 13.0 Å². The lowest BCUT2D eigenvalue weighted by atomic mass is 10.1. The van der Waals surface area contributed by atoms with Gasteiger partial charge >= 0.3 is 0 Å². The first kappa shape index (κ1) is 10.7. The van der Waals surface area contributed by atoms with Gasteiger partial charge in [-0.25, -0.2) is 0 Å². The Morgan fingerprint density at radius 1 is 1.44 bits per heavy atom. The number of benzene rings is 1. The fourth-order valence-electron chi connectivity index (χ4n) is 1.95. The van der Waals surface area contributed by atoms with Gasteiger partial charge in [-0.3, -0.25) is 4.79 Å². The predicted molar refractivity (Wildman–Crippen MR) is 64.0 cm³/mol. The van der Waals surface area contributed by atoms with Gasteiger partial charge in [-0.1, -0.05) is 11.3 Å². The third-order valence-electron chi connectivity index (χ3n) is 2.88. The standard InChI is InChI=1S/C11H12N6O/c18-11(13-6-10-14-16-17-15-10)8-2-1-7-3-4-12-9(7)5-8/h1-2,5,12H,3-4,6H2,(H,13,18)(H,14,15,16,17). The number of H-pyrrole nitrogens is 1. The molecule has 0 saturated heterocycles. The molecule has 3 N–H and O–H groups in total. The van der Waals surface area contributed by atoms with E-state index >= 15 is 0 Å². The number of tetrazole rings is 1. The monoisotopic (exact) mass is 244 g/mol. The summed E-state index contributed by atoms with van der Waals surface area (Å²) < 4.78 is 0. The van der Waals surface area contributed by atoms with E-state index in [0.29, 0.717) is 11.4 Å². The molecule has 0 radical (unpaired) electrons. The van der Waals surface area contributed by atoms with Crippen LogP contribution in [0.5, 0.6) is 0 Å². The number of carbonyl (C=O) groups is 1. The molecule has 1 aromatic carbocycles. The lowest BCUT2D eigenvalue weighted by Gasteiger charge is -2.05. The maximum Gasteiger partial charge on any atom is 0.251 e. The maximum absolute atomic E-state index is 11.9. The van der Waals surface area contributed by atoms with E-state index < -0.39 is 0 Å². The molecule has 7 heteroatoms. The van der Waals surface area contributed by atoms with Gasteiger partial charge in [0.15, 0.2) is 5.82 Å². The Morgan fingerprint density at radius 3 is 3.22 bits per heavy atom. The predicted octanol–water partition coefficient (Wildman–Crippen LogP) is 0.0977. The van der Waals surface area contributed by atoms with E-state index in [1.165, 1.54) is 5.56 Å². The molecule has 7 nitrogen and oxygen atoms in total. The van der Waals surface area contributed by atoms with Crippen LogP contribution in [0.3, 0.4) is 0 Å². The lowest BCUT2D eigenvalue weighted by molar-refractivity contribution is 0.0950. The van der Waals surface area contributed by atoms with Gasteiger partial charge in [0.05, 0.1) is 6.54 Å². The first-order valence-electron chi connectivity index (χ1n) is 5.70. The fourth-order valence-corrected chi connectivity index (χ4v) is 1.95. The number of fused-ring (bicyclic) bond motifs is 1. The molecular weight excluding hydrogens is 232 g/mol. The van der Waals surface area contributed by atoms with Gasteiger partial charge < -0.3 is 10.6 Å². The number of hydrogen-bond acceptors (Lipinski definition) is 5. The Morgan fingerprint density at radius 2 is 2.39 bits per heavy atom. The van der Waals surface area contributed by atoms with E-state index in [-0.39, 0.29) is 12.5 Å². The van der Waals surface area contributed by atoms with E-state index in [1.54, 1.807) is 0 Å². The Hall–Kier alpha value is -2.44. The number of aromatic amines is 1. The molecule has 1 aromatic heterocycles. The van der Waals surface area contributed by atoms with Gasteiger partial charge in [0.1, 0.15) is 0 Å². The summed E-state index contributed by atoms with van der Waals surface area (Å²) in [5.74, 6) is 0.318. The largest absolute Gasteiger partial charge is 0.384 e. The SMILES string of the molecule is O=C(NCc1nn[nH]n1)c1ccc2c(c1)NCC2. The summed E-state index contributed by atoms with van der Waals surface area (Å²) in [5.41, 5.74) is 2.93. The van der Waals surface area contributed by atoms with Gasteiger partial charge in [0.25, 0.3) is 5.91 Å². The highest BCUT2D eigenvalue weighted by molar-refractivity contribution is 5.95. The summed E-state index contributed by atoms with van der Waals surface area (Å²) in [5, 5.41) is 19.3. The lowest BCUT2D eigenvalue weighted by Crippen LogP contribution is -2.23. The van der Waals surface area contributed by atoms with Crippen molar-refractivity contribution in [2.45, 2.75) is 13.0 Å². The van der Waals surface area contributed by atoms with Crippen molar-refractivity contribution in [1.29, 1.82) is 0 Å². The second kappa shape index (κ2) is 4.44. The number of carbonyl (C=O) groups excluding carboxylic acids is 1. The van der Waals surface area contributed by atoms with E-state index in [9.17, 15) is 4.79 Å². The second-order valence-electron chi connectivity index (χ2n) is 4.06. The highest BCUT2D eigenvalue weighted by Gasteiger charge is 2.13. The smallest absolute Gasteiger partial charge is 0.251 e. The fraction of sp³-hybridized carbons (Fsp3) is 0.273. The zero-order valence-corrected chi connectivity index (χ0v) is 9.60. The van der Waals surface area contributed by atoms with E-state index in [4.69, 9.17) is 0 Å². The van der Waals surface area contributed by atoms with Crippen LogP contribution >= 0.6 is 0 Å². The van der Waals surface area contributed by atoms with Gasteiger partial charge in [0, 0.05) is 17.8 Å². The van der Waals surface area contributed by atoms with Crippen LogP contribution in [0.15, 0.2) is 18.2 Å². The van der Waals surface area contributed by atoms with Crippen LogP contribution in [0.4, 0.5) is 5.69 Å². The zero-order chi connectivity index (χ0) is 12.4. The van der Waals surface area contributed by atoms with Crippen molar-refractivity contribution in [1.82, 2.24) is 25.9 Å². The molecule has 1 aliphatic heterocycles. The average Bonchev–Trinajstić information content (AvgIpc) is 3.05. The molecule has 0 fully saturated rings. The van der Waals surface area contributed by atoms with Crippen LogP contribution in [-0.4, -0.2) is 33.1 Å². The quantitative estimate of drug-likeness (QED) is 0.711. The van der Waals surface area contributed by atoms with Crippen molar-refractivity contribution in [2.24, 2.45) is 0 Å². The molecule has 1 aliphatic rings. The van der Waals surface area contributed by atoms with Crippen molar-refractivity contribution < 1.29 is 4.79 Å². The van der Waals surface area contributed by atoms with Crippen LogP contribution in [0.2, 0.25) is 0 Å². The molecular formula is C11H12N6O. The Kier molecular flexibility index (Phi) is 2.64. The first-order valence-corrected chi connectivity index (χ1v) is 5.70. The number of nitrogens with one attached hydrogen (secondary N) is 3. The molecule has 0 spiro atoms. The summed E-state index contributed by atoms with van der Waals surface area (Å²) in [4.78, 5) is 11.9. The van der Waals surface area contributed by atoms with Gasteiger partial charge in [-0.15, -0.1) is 10.2 Å². The second-order valence-corrected chi connectivity index (χ2v) is 4.06. The molecule has 0 aliphatic carbocycles. The minimum absolute atomic E-state index is 0.142. The number of nitrogens with zero attached hydrogens (tertiary/aromatic N) is 3. The molecule has 2 heterocycles. The summed E-state index contributed by atoms with van der Waals surface area (Å²) in [6.07, 6.45) is 1.01. The number of hydrogen-bond donors (Lipinski definition) is 3. The number of amides is 1. The Bertz CT molecular complexity index is 565. The number of rotatable bonds is 3. The summed E-state index contributed by atoms with van der Waals surface area (Å²) in [7, 11) is 0. The summed E-state index contributed by atoms with van der Waals surface area (Å²) in [6.45, 7) is 1.20. The molecule has 3 rings (SSSR count). The molecule has 0 atom stereocenters. The van der Waals surface area contributed by atoms with Gasteiger partial charge in [-0.05, 0) is 24.1 Å². The normalized spacial score (nSPS) is 12.9. The number of anilines is 1. The van der Waals surface area contributed by atoms with Crippen LogP contribution in [0.25, 0.3) is 0 Å². The Labute approximate surface area is 103 Å². The Balaban J connectivity index is 1.69. The maximum atomic E-state index is 11.9. The minimum atomic E-state index is -0.142. The van der Waals surface area contributed by atoms with Crippen molar-refractivity contribution >= 4 is 11.6 Å². The summed E-state index contributed by atoms with van der Waals surface area (Å²) >= 11 is 0. The van der Waals surface area contributed by atoms with Gasteiger partial charge in [0.2, 0.25) is 0 Å². The first-order chi connectivity index (χ1) is 8.83. The molecule has 0 unspecified atom stereocenters. The van der Waals surface area contributed by atoms with Crippen molar-refractivity contribution in [3.63, 3.8) is 0 Å². The van der Waals surface area contributed by atoms with E-state index in [0.717, 1.165) is 18.7 Å². The van der Waals surface area contributed by atoms with Crippen molar-refractivity contribution in [3.05, 3.63) is 35.2 Å². The van der Waals surface area contributed by atoms with Crippen molar-refractivity contribution in [2.75, 3.05) is 11.9 Å². The van der Waals surface area contributed by atoms with Crippen molar-refractivity contribution in [3.8, 4) is 0 Å². The molecule has 92 valence electrons.